The molecule has 0 saturated carbocycles. The summed E-state index contributed by atoms with van der Waals surface area (Å²) in [6, 6.07) is 31.5. The molecule has 0 radical (unpaired) electrons. The van der Waals surface area contributed by atoms with Crippen LogP contribution in [0.15, 0.2) is 181 Å². The van der Waals surface area contributed by atoms with Crippen molar-refractivity contribution in [1.82, 2.24) is 47.8 Å². The van der Waals surface area contributed by atoms with E-state index in [2.05, 4.69) is 33.5 Å². The third kappa shape index (κ3) is 37.3. The van der Waals surface area contributed by atoms with Crippen LogP contribution in [0.2, 0.25) is 0 Å². The Kier molecular flexibility index (Phi) is 44.7. The van der Waals surface area contributed by atoms with Gasteiger partial charge in [-0.15, -0.1) is 0 Å². The third-order valence-corrected chi connectivity index (χ3v) is 26.5. The second-order valence-electron chi connectivity index (χ2n) is 29.2. The fourth-order valence-electron chi connectivity index (χ4n) is 12.7. The molecule has 140 heavy (non-hydrogen) atoms. The second-order valence-corrected chi connectivity index (χ2v) is 41.6. The number of nitrogen functional groups attached to an aromatic ring is 4. The Morgan fingerprint density at radius 3 is 1.01 bits per heavy atom. The summed E-state index contributed by atoms with van der Waals surface area (Å²) in [5.41, 5.74) is 18.5. The van der Waals surface area contributed by atoms with Crippen molar-refractivity contribution in [2.75, 3.05) is 81.2 Å². The number of carbonyl (C=O) groups is 3. The van der Waals surface area contributed by atoms with E-state index in [9.17, 15) is 90.2 Å². The Balaban J connectivity index is 0.000000239. The quantitative estimate of drug-likeness (QED) is 0.00983. The van der Waals surface area contributed by atoms with Gasteiger partial charge < -0.3 is 153 Å². The minimum absolute atomic E-state index is 0. The normalized spacial score (nSPS) is 23.4. The van der Waals surface area contributed by atoms with E-state index >= 15 is 0 Å². The van der Waals surface area contributed by atoms with Crippen LogP contribution in [0.25, 0.3) is 0 Å². The van der Waals surface area contributed by atoms with Crippen molar-refractivity contribution in [2.45, 2.75) is 146 Å². The van der Waals surface area contributed by atoms with Gasteiger partial charge in [-0.3, -0.25) is 55.4 Å². The molecule has 18 atom stereocenters. The van der Waals surface area contributed by atoms with Crippen molar-refractivity contribution in [3.8, 4) is 0 Å². The summed E-state index contributed by atoms with van der Waals surface area (Å²) in [5.74, 6) is -1.81. The first-order valence-corrected chi connectivity index (χ1v) is 52.7. The van der Waals surface area contributed by atoms with E-state index in [1.165, 1.54) is 61.9 Å². The van der Waals surface area contributed by atoms with Crippen LogP contribution in [0, 0.1) is 0 Å². The molecule has 20 N–H and O–H groups in total. The number of aliphatic hydroxyl groups excluding tert-OH is 2. The van der Waals surface area contributed by atoms with Gasteiger partial charge in [-0.05, 0) is 81.4 Å². The van der Waals surface area contributed by atoms with Crippen LogP contribution in [0.3, 0.4) is 0 Å². The van der Waals surface area contributed by atoms with Gasteiger partial charge in [-0.1, -0.05) is 54.6 Å². The van der Waals surface area contributed by atoms with Gasteiger partial charge in [0.05, 0.1) is 36.5 Å². The largest absolute Gasteiger partial charge is 1.00 e. The number of anilines is 4. The van der Waals surface area contributed by atoms with E-state index in [1.54, 1.807) is 112 Å². The number of ether oxygens (including phenoxy) is 13. The molecule has 5 aliphatic heterocycles. The minimum Gasteiger partial charge on any atom is -0.870 e. The van der Waals surface area contributed by atoms with Crippen molar-refractivity contribution >= 4 is 94.6 Å². The molecule has 5 aliphatic rings. The zero-order chi connectivity index (χ0) is 101. The molecular formula is C73H98N14NaO45P7. The van der Waals surface area contributed by atoms with Crippen molar-refractivity contribution in [1.29, 1.82) is 0 Å². The molecule has 5 fully saturated rings. The van der Waals surface area contributed by atoms with Crippen molar-refractivity contribution in [3.05, 3.63) is 232 Å². The van der Waals surface area contributed by atoms with Crippen LogP contribution >= 0.6 is 53.4 Å². The van der Waals surface area contributed by atoms with Crippen LogP contribution in [-0.2, 0) is 116 Å². The molecule has 0 bridgehead atoms. The smallest absolute Gasteiger partial charge is 0.870 e. The number of H-pyrrole nitrogens is 1. The van der Waals surface area contributed by atoms with Crippen LogP contribution < -0.4 is 86.5 Å². The predicted octanol–water partition coefficient (Wildman–Crippen LogP) is -0.862. The number of nitrogens with one attached hydrogen (secondary N) is 1. The Morgan fingerprint density at radius 2 is 0.693 bits per heavy atom. The van der Waals surface area contributed by atoms with Gasteiger partial charge in [0.1, 0.15) is 41.8 Å². The summed E-state index contributed by atoms with van der Waals surface area (Å²) in [5, 5.41) is 19.8. The summed E-state index contributed by atoms with van der Waals surface area (Å²) >= 11 is 0. The zero-order valence-corrected chi connectivity index (χ0v) is 82.3. The van der Waals surface area contributed by atoms with E-state index < -0.39 is 217 Å². The number of rotatable bonds is 36. The molecular weight excluding hydrogens is 2030 g/mol. The van der Waals surface area contributed by atoms with E-state index in [1.807, 2.05) is 0 Å². The molecule has 5 saturated heterocycles. The number of nitrogens with two attached hydrogens (primary N) is 4. The number of phosphoric acid groups is 2. The molecule has 0 aliphatic carbocycles. The fraction of sp³-hybridized carbons (Fsp3) is 0.438. The number of aliphatic hydroxyl groups is 2. The number of benzene rings is 3. The molecule has 67 heteroatoms. The van der Waals surface area contributed by atoms with Crippen LogP contribution in [0.4, 0.5) is 23.3 Å². The SMILES string of the molecule is CCOP(=O)(CO[C@@H]1C[C@H](OC(=O)c2ccccc2)[C@H](n2ccc(N)nc2=O)O1)OCC.CCOP(C)(=O)CO[C@@H]1C[C@H](OC(=O)c2ccccc2)[C@H](n2ccc(=O)[nH]c2=O)O1.Nc1ccn([C@@H]2O[C@H](OCP(=O)(O)O)C[C@@H]2O)c(=O)n1.Nc1ccn([C@@H]2O[C@H](OCP(=O)(O)O)C[C@@H]2OC(=O)c2ccccc2)c(=O)n1.Nc1ccn([C@@H]2O[C@H](OCP(=O)(O)OP(=O)(O)OP(=O)(O)O)C[C@@H]2O)c(=O)n1.[Na+].[OH-]. The monoisotopic (exact) mass is 2130 g/mol. The van der Waals surface area contributed by atoms with E-state index in [0.29, 0.717) is 16.7 Å². The summed E-state index contributed by atoms with van der Waals surface area (Å²) in [7, 11) is -31.3. The summed E-state index contributed by atoms with van der Waals surface area (Å²) in [6.45, 7) is 7.18. The van der Waals surface area contributed by atoms with Crippen LogP contribution in [0.5, 0.6) is 0 Å². The zero-order valence-electron chi connectivity index (χ0n) is 74.1. The number of nitrogens with zero attached hydrogens (tertiary/aromatic N) is 9. The maximum Gasteiger partial charge on any atom is 1.00 e. The summed E-state index contributed by atoms with van der Waals surface area (Å²) in [4.78, 5) is 196. The van der Waals surface area contributed by atoms with E-state index in [0.717, 1.165) is 28.9 Å². The molecule has 8 aromatic rings. The van der Waals surface area contributed by atoms with Gasteiger partial charge in [-0.25, -0.2) is 51.8 Å². The second kappa shape index (κ2) is 53.0. The summed E-state index contributed by atoms with van der Waals surface area (Å²) in [6.07, 6.45) is -13.0. The maximum atomic E-state index is 12.7. The number of aromatic nitrogens is 10. The number of carbonyl (C=O) groups excluding carboxylic acids is 3. The van der Waals surface area contributed by atoms with Gasteiger partial charge in [0, 0.05) is 75.8 Å². The Morgan fingerprint density at radius 1 is 0.400 bits per heavy atom. The fourth-order valence-corrected chi connectivity index (χ4v) is 19.1. The molecule has 0 amide bonds. The first-order valence-electron chi connectivity index (χ1n) is 40.3. The van der Waals surface area contributed by atoms with Crippen molar-refractivity contribution < 1.29 is 215 Å². The Labute approximate surface area is 811 Å². The predicted molar refractivity (Wildman–Crippen MR) is 470 cm³/mol. The average molecular weight is 2130 g/mol. The molecule has 766 valence electrons. The number of aromatic amines is 1. The van der Waals surface area contributed by atoms with Gasteiger partial charge >= 0.3 is 122 Å². The van der Waals surface area contributed by atoms with E-state index in [-0.39, 0.29) is 123 Å². The average Bonchev–Trinajstić information content (AvgIpc) is 1.66. The standard InChI is InChI=1S/C20H26N3O8P.C19H23N2O8P.C16H18N3O8P.C9H16N3O13P3.C9H14N3O7P.Na.H2O/c1-3-28-32(26,29-4-2)13-27-17-12-15(30-19(24)14-8-6-5-7-9-14)18(31-17)23-11-10-16(21)22-20(23)25;1-3-27-30(2,25)12-26-16-11-14(28-18(23)13-7-5-4-6-8-13)17(29-16)21-10-9-15(22)20-19(21)24;17-12-6-7-19(16(21)18-12)14-11(8-13(27-14)25-9-28(22,23)24)26-15(20)10-4-2-1-3-5-10;10-6-1-2-12(9(14)11-6)8-5(13)3-7(23-8)22-4-26(15,16)24-28(20,21)25-27(17,18)19;10-6-1-2-12(9(14)11-6)8-5(13)3-7(19-8)18-4-20(15,16)17;;/h5-11,15,17-18H,3-4,12-13H2,1-2H3,(H2,21,22,25);4-10,14,16-17H,3,11-12H2,1-2H3,(H,20,22,24);1-7,11,13-14H,8-9H2,(H2,17,18,21)(H2,22,23,24);1-2,5,7-8,13H,3-4H2,(H,15,16)(H,20,21)(H2,10,11,14)(H2,17,18,19);1-2,5,7-8,13H,3-4H2,(H2,10,11,14)(H2,15,16,17);;1H2/q;;;;;+1;/p-1/t15-,17-,18+;14-,16-,17+,30?;11-,13-,14+;2*5-,7-,8+;;/m00000../s1. The molecule has 3 aromatic carbocycles. The van der Waals surface area contributed by atoms with Crippen LogP contribution in [-0.4, -0.2) is 241 Å². The Bertz CT molecular complexity index is 6200. The summed E-state index contributed by atoms with van der Waals surface area (Å²) < 4.78 is 178. The molecule has 10 heterocycles. The number of esters is 3. The third-order valence-electron chi connectivity index (χ3n) is 18.3. The number of hydrogen-bond donors (Lipinski definition) is 15. The Hall–Kier alpha value is -8.96. The van der Waals surface area contributed by atoms with Crippen molar-refractivity contribution in [3.63, 3.8) is 0 Å². The molecule has 59 nitrogen and oxygen atoms in total. The molecule has 3 unspecified atom stereocenters. The number of hydrogen-bond acceptors (Lipinski definition) is 45. The van der Waals surface area contributed by atoms with Gasteiger partial charge in [-0.2, -0.15) is 24.2 Å². The molecule has 13 rings (SSSR count). The van der Waals surface area contributed by atoms with Crippen LogP contribution in [0.1, 0.15) is 115 Å². The molecule has 5 aromatic heterocycles. The van der Waals surface area contributed by atoms with Gasteiger partial charge in [0.15, 0.2) is 106 Å². The first-order chi connectivity index (χ1) is 64.8. The van der Waals surface area contributed by atoms with Gasteiger partial charge in [0.2, 0.25) is 7.37 Å². The van der Waals surface area contributed by atoms with Gasteiger partial charge in [0.25, 0.3) is 5.56 Å². The van der Waals surface area contributed by atoms with E-state index in [4.69, 9.17) is 132 Å². The van der Waals surface area contributed by atoms with Crippen molar-refractivity contribution in [2.24, 2.45) is 0 Å². The topological polar surface area (TPSA) is 868 Å². The minimum atomic E-state index is -5.59. The molecule has 0 spiro atoms. The first kappa shape index (κ1) is 118. The maximum absolute atomic E-state index is 12.7.